The Labute approximate surface area is 149 Å². The Hall–Kier alpha value is -2.07. The summed E-state index contributed by atoms with van der Waals surface area (Å²) in [4.78, 5) is 4.85. The normalized spacial score (nSPS) is 17.9. The number of amidine groups is 1. The van der Waals surface area contributed by atoms with E-state index in [9.17, 15) is 0 Å². The van der Waals surface area contributed by atoms with E-state index in [1.54, 1.807) is 0 Å². The quantitative estimate of drug-likeness (QED) is 0.872. The van der Waals surface area contributed by atoms with Gasteiger partial charge in [0.05, 0.1) is 12.2 Å². The molecule has 4 rings (SSSR count). The number of nitrogens with two attached hydrogens (primary N) is 1. The number of nitrogens with zero attached hydrogens (tertiary/aromatic N) is 2. The van der Waals surface area contributed by atoms with Crippen molar-refractivity contribution < 1.29 is 0 Å². The molecule has 2 heterocycles. The molecule has 1 aliphatic heterocycles. The Balaban J connectivity index is 1.91. The van der Waals surface area contributed by atoms with Crippen LogP contribution in [0.3, 0.4) is 0 Å². The molecule has 2 aliphatic rings. The lowest BCUT2D eigenvalue weighted by Crippen LogP contribution is -2.31. The van der Waals surface area contributed by atoms with Gasteiger partial charge in [0.2, 0.25) is 0 Å². The molecule has 4 heteroatoms. The summed E-state index contributed by atoms with van der Waals surface area (Å²) in [7, 11) is 0. The van der Waals surface area contributed by atoms with Crippen LogP contribution in [-0.4, -0.2) is 23.5 Å². The number of benzene rings is 1. The third-order valence-electron chi connectivity index (χ3n) is 5.54. The molecular weight excluding hydrogens is 308 g/mol. The smallest absolute Gasteiger partial charge is 0.149 e. The second-order valence-corrected chi connectivity index (χ2v) is 7.37. The number of aryl methyl sites for hydroxylation is 2. The molecule has 132 valence electrons. The fraction of sp³-hybridized carbons (Fsp3) is 0.476. The minimum absolute atomic E-state index is 0.566. The highest BCUT2D eigenvalue weighted by Crippen LogP contribution is 2.39. The first-order valence-electron chi connectivity index (χ1n) is 9.55. The van der Waals surface area contributed by atoms with Crippen LogP contribution >= 0.6 is 0 Å². The van der Waals surface area contributed by atoms with Crippen molar-refractivity contribution in [2.24, 2.45) is 10.7 Å². The van der Waals surface area contributed by atoms with Gasteiger partial charge in [0.25, 0.3) is 0 Å². The molecule has 1 aliphatic carbocycles. The van der Waals surface area contributed by atoms with E-state index in [4.69, 9.17) is 10.7 Å². The highest BCUT2D eigenvalue weighted by molar-refractivity contribution is 6.05. The van der Waals surface area contributed by atoms with Crippen LogP contribution in [0, 0.1) is 6.92 Å². The highest BCUT2D eigenvalue weighted by Gasteiger charge is 2.29. The number of aromatic nitrogens is 1. The Morgan fingerprint density at radius 3 is 2.76 bits per heavy atom. The Bertz CT molecular complexity index is 852. The maximum absolute atomic E-state index is 5.77. The van der Waals surface area contributed by atoms with Gasteiger partial charge >= 0.3 is 0 Å². The van der Waals surface area contributed by atoms with Gasteiger partial charge in [0.15, 0.2) is 0 Å². The van der Waals surface area contributed by atoms with E-state index in [0.717, 1.165) is 24.3 Å². The maximum Gasteiger partial charge on any atom is 0.149 e. The first-order chi connectivity index (χ1) is 12.2. The lowest BCUT2D eigenvalue weighted by molar-refractivity contribution is 0.320. The topological polar surface area (TPSA) is 55.3 Å². The van der Waals surface area contributed by atoms with Crippen LogP contribution in [0.15, 0.2) is 35.0 Å². The van der Waals surface area contributed by atoms with Gasteiger partial charge in [-0.25, -0.2) is 0 Å². The summed E-state index contributed by atoms with van der Waals surface area (Å²) >= 11 is 0. The monoisotopic (exact) mass is 336 g/mol. The van der Waals surface area contributed by atoms with Gasteiger partial charge in [-0.05, 0) is 55.9 Å². The second-order valence-electron chi connectivity index (χ2n) is 7.37. The van der Waals surface area contributed by atoms with Crippen molar-refractivity contribution in [1.82, 2.24) is 9.88 Å². The maximum atomic E-state index is 5.77. The van der Waals surface area contributed by atoms with E-state index in [1.165, 1.54) is 47.0 Å². The average Bonchev–Trinajstić information content (AvgIpc) is 2.88. The van der Waals surface area contributed by atoms with Gasteiger partial charge in [-0.15, -0.1) is 0 Å². The average molecular weight is 336 g/mol. The van der Waals surface area contributed by atoms with Crippen LogP contribution in [0.25, 0.3) is 10.9 Å². The molecule has 0 atom stereocenters. The van der Waals surface area contributed by atoms with Crippen LogP contribution in [0.4, 0.5) is 0 Å². The first-order valence-corrected chi connectivity index (χ1v) is 9.55. The van der Waals surface area contributed by atoms with Gasteiger partial charge in [0.1, 0.15) is 5.84 Å². The zero-order valence-corrected chi connectivity index (χ0v) is 15.3. The molecule has 0 unspecified atom stereocenters. The van der Waals surface area contributed by atoms with E-state index < -0.39 is 0 Å². The zero-order valence-electron chi connectivity index (χ0n) is 15.3. The van der Waals surface area contributed by atoms with E-state index >= 15 is 0 Å². The van der Waals surface area contributed by atoms with Crippen LogP contribution in [0.5, 0.6) is 0 Å². The molecule has 1 aromatic carbocycles. The van der Waals surface area contributed by atoms with Crippen LogP contribution in [-0.2, 0) is 6.42 Å². The minimum atomic E-state index is 0.566. The van der Waals surface area contributed by atoms with Gasteiger partial charge in [-0.2, -0.15) is 0 Å². The SMILES string of the molecule is CCCc1c(C2=NCC(CN)=CN2)n(C2CCC2)c2ccc(C)cc12. The van der Waals surface area contributed by atoms with Crippen molar-refractivity contribution in [3.05, 3.63) is 46.8 Å². The summed E-state index contributed by atoms with van der Waals surface area (Å²) in [6, 6.07) is 7.49. The molecule has 1 aromatic heterocycles. The van der Waals surface area contributed by atoms with E-state index in [-0.39, 0.29) is 0 Å². The first kappa shape index (κ1) is 16.4. The van der Waals surface area contributed by atoms with Crippen LogP contribution < -0.4 is 11.1 Å². The molecule has 4 nitrogen and oxygen atoms in total. The second kappa shape index (κ2) is 6.68. The Morgan fingerprint density at radius 1 is 1.32 bits per heavy atom. The molecule has 0 bridgehead atoms. The van der Waals surface area contributed by atoms with Crippen LogP contribution in [0.1, 0.15) is 55.5 Å². The molecule has 2 aromatic rings. The largest absolute Gasteiger partial charge is 0.345 e. The molecule has 1 saturated carbocycles. The minimum Gasteiger partial charge on any atom is -0.345 e. The molecule has 3 N–H and O–H groups in total. The third kappa shape index (κ3) is 2.78. The molecule has 0 spiro atoms. The summed E-state index contributed by atoms with van der Waals surface area (Å²) in [6.07, 6.45) is 8.15. The standard InChI is InChI=1S/C21H28N4/c1-3-5-17-18-10-14(2)8-9-19(18)25(16-6-4-7-16)20(17)21-23-12-15(11-22)13-24-21/h8-10,12,16H,3-7,11,13,22H2,1-2H3,(H,23,24). The van der Waals surface area contributed by atoms with E-state index in [1.807, 2.05) is 6.20 Å². The van der Waals surface area contributed by atoms with Gasteiger partial charge in [-0.1, -0.05) is 25.0 Å². The van der Waals surface area contributed by atoms with E-state index in [0.29, 0.717) is 19.1 Å². The fourth-order valence-corrected chi connectivity index (χ4v) is 3.99. The molecular formula is C21H28N4. The van der Waals surface area contributed by atoms with Crippen molar-refractivity contribution in [3.63, 3.8) is 0 Å². The summed E-state index contributed by atoms with van der Waals surface area (Å²) in [5.74, 6) is 1.02. The molecule has 1 fully saturated rings. The molecule has 0 radical (unpaired) electrons. The van der Waals surface area contributed by atoms with Crippen molar-refractivity contribution in [2.45, 2.75) is 52.0 Å². The van der Waals surface area contributed by atoms with Crippen molar-refractivity contribution >= 4 is 16.7 Å². The number of rotatable bonds is 5. The molecule has 0 saturated heterocycles. The predicted molar refractivity (Wildman–Crippen MR) is 105 cm³/mol. The number of nitrogens with one attached hydrogen (secondary N) is 1. The number of fused-ring (bicyclic) bond motifs is 1. The Kier molecular flexibility index (Phi) is 4.38. The lowest BCUT2D eigenvalue weighted by atomic mass is 9.92. The number of aliphatic imine (C=N–C) groups is 1. The third-order valence-corrected chi connectivity index (χ3v) is 5.54. The molecule has 0 amide bonds. The molecule has 25 heavy (non-hydrogen) atoms. The summed E-state index contributed by atoms with van der Waals surface area (Å²) in [5.41, 5.74) is 12.4. The van der Waals surface area contributed by atoms with Crippen molar-refractivity contribution in [1.29, 1.82) is 0 Å². The summed E-state index contributed by atoms with van der Waals surface area (Å²) in [6.45, 7) is 5.71. The highest BCUT2D eigenvalue weighted by atomic mass is 15.1. The summed E-state index contributed by atoms with van der Waals surface area (Å²) in [5, 5.41) is 4.85. The van der Waals surface area contributed by atoms with E-state index in [2.05, 4.69) is 41.9 Å². The lowest BCUT2D eigenvalue weighted by Gasteiger charge is -2.31. The fourth-order valence-electron chi connectivity index (χ4n) is 3.99. The van der Waals surface area contributed by atoms with Gasteiger partial charge in [-0.3, -0.25) is 4.99 Å². The zero-order chi connectivity index (χ0) is 17.4. The van der Waals surface area contributed by atoms with Crippen molar-refractivity contribution in [2.75, 3.05) is 13.1 Å². The van der Waals surface area contributed by atoms with Gasteiger partial charge < -0.3 is 15.6 Å². The number of hydrogen-bond acceptors (Lipinski definition) is 3. The van der Waals surface area contributed by atoms with Gasteiger partial charge in [0, 0.05) is 29.7 Å². The van der Waals surface area contributed by atoms with Crippen LogP contribution in [0.2, 0.25) is 0 Å². The summed E-state index contributed by atoms with van der Waals surface area (Å²) < 4.78 is 2.57. The Morgan fingerprint density at radius 2 is 2.16 bits per heavy atom. The van der Waals surface area contributed by atoms with Crippen molar-refractivity contribution in [3.8, 4) is 0 Å². The number of hydrogen-bond donors (Lipinski definition) is 2. The predicted octanol–water partition coefficient (Wildman–Crippen LogP) is 3.82.